The number of rotatable bonds is 6. The molecule has 10 heteroatoms. The maximum absolute atomic E-state index is 13.2. The first kappa shape index (κ1) is 23.2. The summed E-state index contributed by atoms with van der Waals surface area (Å²) in [6.45, 7) is 2.98. The minimum atomic E-state index is -0.505. The third kappa shape index (κ3) is 3.76. The van der Waals surface area contributed by atoms with Crippen molar-refractivity contribution < 1.29 is 33.2 Å². The highest BCUT2D eigenvalue weighted by molar-refractivity contribution is 9.10. The van der Waals surface area contributed by atoms with Gasteiger partial charge in [0.05, 0.1) is 39.0 Å². The van der Waals surface area contributed by atoms with Gasteiger partial charge in [0.2, 0.25) is 18.3 Å². The lowest BCUT2D eigenvalue weighted by molar-refractivity contribution is 0.169. The molecule has 9 nitrogen and oxygen atoms in total. The SMILES string of the molecule is CCNC(=O)N1CCc2c(Br)c3c(c(OC)c2C1c1cc(OC)c(OC)c(OC)c1)OCO3. The van der Waals surface area contributed by atoms with E-state index in [0.29, 0.717) is 54.0 Å². The lowest BCUT2D eigenvalue weighted by atomic mass is 9.86. The Balaban J connectivity index is 2.00. The number of ether oxygens (including phenoxy) is 6. The molecule has 0 saturated carbocycles. The topological polar surface area (TPSA) is 87.7 Å². The van der Waals surface area contributed by atoms with Crippen LogP contribution in [0.2, 0.25) is 0 Å². The fourth-order valence-electron chi connectivity index (χ4n) is 4.46. The lowest BCUT2D eigenvalue weighted by Crippen LogP contribution is -2.46. The van der Waals surface area contributed by atoms with E-state index in [-0.39, 0.29) is 12.8 Å². The number of carbonyl (C=O) groups is 1. The smallest absolute Gasteiger partial charge is 0.318 e. The zero-order valence-electron chi connectivity index (χ0n) is 19.2. The first-order valence-corrected chi connectivity index (χ1v) is 11.3. The number of halogens is 1. The molecule has 1 unspecified atom stereocenters. The highest BCUT2D eigenvalue weighted by atomic mass is 79.9. The Hall–Kier alpha value is -3.01. The molecule has 2 aliphatic heterocycles. The van der Waals surface area contributed by atoms with Crippen molar-refractivity contribution in [2.45, 2.75) is 19.4 Å². The van der Waals surface area contributed by atoms with E-state index in [2.05, 4.69) is 21.2 Å². The lowest BCUT2D eigenvalue weighted by Gasteiger charge is -2.39. The predicted molar refractivity (Wildman–Crippen MR) is 124 cm³/mol. The van der Waals surface area contributed by atoms with Crippen LogP contribution in [0, 0.1) is 0 Å². The molecule has 2 heterocycles. The molecule has 2 aliphatic rings. The molecule has 0 spiro atoms. The summed E-state index contributed by atoms with van der Waals surface area (Å²) in [6, 6.07) is 3.02. The maximum atomic E-state index is 13.2. The molecular formula is C23H27BrN2O7. The molecule has 0 fully saturated rings. The summed E-state index contributed by atoms with van der Waals surface area (Å²) in [5.41, 5.74) is 2.59. The molecule has 0 aliphatic carbocycles. The molecule has 2 amide bonds. The number of fused-ring (bicyclic) bond motifs is 2. The summed E-state index contributed by atoms with van der Waals surface area (Å²) in [5.74, 6) is 3.12. The average Bonchev–Trinajstić information content (AvgIpc) is 3.33. The Morgan fingerprint density at radius 3 is 2.27 bits per heavy atom. The number of nitrogens with one attached hydrogen (secondary N) is 1. The van der Waals surface area contributed by atoms with Gasteiger partial charge in [-0.2, -0.15) is 0 Å². The highest BCUT2D eigenvalue weighted by Crippen LogP contribution is 2.56. The molecule has 0 aromatic heterocycles. The number of hydrogen-bond acceptors (Lipinski definition) is 7. The molecule has 178 valence electrons. The Bertz CT molecular complexity index is 1050. The van der Waals surface area contributed by atoms with E-state index in [1.165, 1.54) is 0 Å². The largest absolute Gasteiger partial charge is 0.493 e. The van der Waals surface area contributed by atoms with Crippen LogP contribution in [0.25, 0.3) is 0 Å². The van der Waals surface area contributed by atoms with E-state index in [1.807, 2.05) is 19.1 Å². The number of urea groups is 1. The van der Waals surface area contributed by atoms with E-state index < -0.39 is 6.04 Å². The van der Waals surface area contributed by atoms with Crippen molar-refractivity contribution in [1.82, 2.24) is 10.2 Å². The molecular weight excluding hydrogens is 496 g/mol. The molecule has 0 saturated heterocycles. The molecule has 0 bridgehead atoms. The van der Waals surface area contributed by atoms with Gasteiger partial charge in [-0.25, -0.2) is 4.79 Å². The van der Waals surface area contributed by atoms with Crippen molar-refractivity contribution in [1.29, 1.82) is 0 Å². The van der Waals surface area contributed by atoms with Crippen LogP contribution in [0.5, 0.6) is 34.5 Å². The fourth-order valence-corrected chi connectivity index (χ4v) is 5.16. The van der Waals surface area contributed by atoms with Gasteiger partial charge in [-0.1, -0.05) is 0 Å². The first-order valence-electron chi connectivity index (χ1n) is 10.5. The monoisotopic (exact) mass is 522 g/mol. The van der Waals surface area contributed by atoms with Crippen LogP contribution in [0.3, 0.4) is 0 Å². The van der Waals surface area contributed by atoms with Crippen LogP contribution >= 0.6 is 15.9 Å². The van der Waals surface area contributed by atoms with Crippen LogP contribution in [0.15, 0.2) is 16.6 Å². The molecule has 1 atom stereocenters. The van der Waals surface area contributed by atoms with E-state index in [0.717, 1.165) is 21.2 Å². The summed E-state index contributed by atoms with van der Waals surface area (Å²) >= 11 is 3.70. The van der Waals surface area contributed by atoms with Gasteiger partial charge in [-0.05, 0) is 52.5 Å². The fraction of sp³-hybridized carbons (Fsp3) is 0.435. The van der Waals surface area contributed by atoms with Gasteiger partial charge in [0.25, 0.3) is 0 Å². The molecule has 2 aromatic carbocycles. The standard InChI is InChI=1S/C23H27BrN2O7/c1-6-25-23(27)26-8-7-13-16(20(31-5)22-21(17(13)24)32-11-33-22)18(26)12-9-14(28-2)19(30-4)15(10-12)29-3/h9-10,18H,6-8,11H2,1-5H3,(H,25,27). The Labute approximate surface area is 201 Å². The van der Waals surface area contributed by atoms with Crippen LogP contribution < -0.4 is 33.7 Å². The second kappa shape index (κ2) is 9.46. The number of nitrogens with zero attached hydrogens (tertiary/aromatic N) is 1. The van der Waals surface area contributed by atoms with Crippen molar-refractivity contribution >= 4 is 22.0 Å². The van der Waals surface area contributed by atoms with E-state index in [4.69, 9.17) is 28.4 Å². The van der Waals surface area contributed by atoms with Gasteiger partial charge in [-0.15, -0.1) is 0 Å². The zero-order chi connectivity index (χ0) is 23.7. The predicted octanol–water partition coefficient (Wildman–Crippen LogP) is 3.89. The van der Waals surface area contributed by atoms with Gasteiger partial charge in [0, 0.05) is 18.7 Å². The summed E-state index contributed by atoms with van der Waals surface area (Å²) in [5, 5.41) is 2.92. The van der Waals surface area contributed by atoms with E-state index >= 15 is 0 Å². The van der Waals surface area contributed by atoms with Crippen LogP contribution in [-0.2, 0) is 6.42 Å². The third-order valence-corrected chi connectivity index (χ3v) is 6.68. The Morgan fingerprint density at radius 2 is 1.70 bits per heavy atom. The van der Waals surface area contributed by atoms with E-state index in [9.17, 15) is 4.79 Å². The number of carbonyl (C=O) groups excluding carboxylic acids is 1. The average molecular weight is 523 g/mol. The van der Waals surface area contributed by atoms with Gasteiger partial charge in [0.15, 0.2) is 23.0 Å². The van der Waals surface area contributed by atoms with Crippen molar-refractivity contribution in [2.24, 2.45) is 0 Å². The Kier molecular flexibility index (Phi) is 6.64. The van der Waals surface area contributed by atoms with E-state index in [1.54, 1.807) is 33.3 Å². The highest BCUT2D eigenvalue weighted by Gasteiger charge is 2.40. The number of hydrogen-bond donors (Lipinski definition) is 1. The first-order chi connectivity index (χ1) is 16.0. The summed E-state index contributed by atoms with van der Waals surface area (Å²) in [6.07, 6.45) is 0.612. The minimum Gasteiger partial charge on any atom is -0.493 e. The van der Waals surface area contributed by atoms with Crippen LogP contribution in [0.1, 0.15) is 29.7 Å². The van der Waals surface area contributed by atoms with Crippen molar-refractivity contribution in [3.63, 3.8) is 0 Å². The zero-order valence-corrected chi connectivity index (χ0v) is 20.8. The van der Waals surface area contributed by atoms with Crippen molar-refractivity contribution in [3.8, 4) is 34.5 Å². The summed E-state index contributed by atoms with van der Waals surface area (Å²) < 4.78 is 34.8. The number of methoxy groups -OCH3 is 4. The molecule has 2 aromatic rings. The second-order valence-corrected chi connectivity index (χ2v) is 8.24. The third-order valence-electron chi connectivity index (χ3n) is 5.84. The Morgan fingerprint density at radius 1 is 1.06 bits per heavy atom. The molecule has 1 N–H and O–H groups in total. The number of benzene rings is 2. The summed E-state index contributed by atoms with van der Waals surface area (Å²) in [4.78, 5) is 14.9. The van der Waals surface area contributed by atoms with Crippen molar-refractivity contribution in [2.75, 3.05) is 48.3 Å². The second-order valence-electron chi connectivity index (χ2n) is 7.44. The summed E-state index contributed by atoms with van der Waals surface area (Å²) in [7, 11) is 6.26. The van der Waals surface area contributed by atoms with Crippen LogP contribution in [0.4, 0.5) is 4.79 Å². The van der Waals surface area contributed by atoms with Gasteiger partial charge in [-0.3, -0.25) is 0 Å². The normalized spacial score (nSPS) is 16.2. The van der Waals surface area contributed by atoms with Gasteiger partial charge in [0.1, 0.15) is 0 Å². The quantitative estimate of drug-likeness (QED) is 0.615. The van der Waals surface area contributed by atoms with Gasteiger partial charge < -0.3 is 38.6 Å². The minimum absolute atomic E-state index is 0.0993. The molecule has 0 radical (unpaired) electrons. The molecule has 4 rings (SSSR count). The maximum Gasteiger partial charge on any atom is 0.318 e. The van der Waals surface area contributed by atoms with Gasteiger partial charge >= 0.3 is 6.03 Å². The molecule has 33 heavy (non-hydrogen) atoms. The van der Waals surface area contributed by atoms with Crippen LogP contribution in [-0.4, -0.2) is 59.3 Å². The van der Waals surface area contributed by atoms with Crippen molar-refractivity contribution in [3.05, 3.63) is 33.3 Å². The number of amides is 2.